The van der Waals surface area contributed by atoms with Crippen LogP contribution in [0.5, 0.6) is 11.5 Å². The van der Waals surface area contributed by atoms with Crippen molar-refractivity contribution in [2.75, 3.05) is 47.9 Å². The highest BCUT2D eigenvalue weighted by Gasteiger charge is 2.42. The molecule has 1 aliphatic carbocycles. The minimum Gasteiger partial charge on any atom is -0.497 e. The maximum Gasteiger partial charge on any atom is 0.230 e. The topological polar surface area (TPSA) is 75.2 Å². The van der Waals surface area contributed by atoms with Gasteiger partial charge >= 0.3 is 0 Å². The Morgan fingerprint density at radius 3 is 2.29 bits per heavy atom. The molecule has 1 amide bonds. The second kappa shape index (κ2) is 12.0. The first-order valence-electron chi connectivity index (χ1n) is 9.44. The average molecular weight is 504 g/mol. The first kappa shape index (κ1) is 24.3. The average Bonchev–Trinajstić information content (AvgIpc) is 3.17. The van der Waals surface area contributed by atoms with Crippen molar-refractivity contribution in [1.82, 2.24) is 15.5 Å². The summed E-state index contributed by atoms with van der Waals surface area (Å²) >= 11 is 0. The van der Waals surface area contributed by atoms with Crippen molar-refractivity contribution in [3.05, 3.63) is 24.3 Å². The number of guanidine groups is 1. The van der Waals surface area contributed by atoms with Gasteiger partial charge in [-0.05, 0) is 37.1 Å². The zero-order valence-corrected chi connectivity index (χ0v) is 19.6. The maximum absolute atomic E-state index is 12.6. The lowest BCUT2D eigenvalue weighted by atomic mass is 9.84. The fourth-order valence-electron chi connectivity index (χ4n) is 3.48. The van der Waals surface area contributed by atoms with Gasteiger partial charge in [0.2, 0.25) is 5.91 Å². The van der Waals surface area contributed by atoms with Gasteiger partial charge < -0.3 is 25.0 Å². The van der Waals surface area contributed by atoms with Crippen LogP contribution < -0.4 is 20.1 Å². The van der Waals surface area contributed by atoms with Gasteiger partial charge in [0.05, 0.1) is 19.1 Å². The molecule has 0 saturated heterocycles. The molecule has 0 spiro atoms. The molecule has 0 atom stereocenters. The largest absolute Gasteiger partial charge is 0.497 e. The van der Waals surface area contributed by atoms with E-state index < -0.39 is 0 Å². The quantitative estimate of drug-likeness (QED) is 0.246. The second-order valence-corrected chi connectivity index (χ2v) is 7.06. The van der Waals surface area contributed by atoms with E-state index in [-0.39, 0.29) is 35.3 Å². The third-order valence-electron chi connectivity index (χ3n) is 4.96. The summed E-state index contributed by atoms with van der Waals surface area (Å²) in [6.45, 7) is 1.72. The molecule has 0 radical (unpaired) electrons. The predicted octanol–water partition coefficient (Wildman–Crippen LogP) is 2.51. The van der Waals surface area contributed by atoms with E-state index in [0.717, 1.165) is 37.2 Å². The van der Waals surface area contributed by atoms with Gasteiger partial charge in [-0.2, -0.15) is 0 Å². The minimum absolute atomic E-state index is 0. The molecular formula is C20H33IN4O3. The van der Waals surface area contributed by atoms with Crippen molar-refractivity contribution < 1.29 is 14.3 Å². The highest BCUT2D eigenvalue weighted by molar-refractivity contribution is 14.0. The van der Waals surface area contributed by atoms with E-state index in [1.807, 2.05) is 38.4 Å². The summed E-state index contributed by atoms with van der Waals surface area (Å²) in [5, 5.41) is 6.56. The van der Waals surface area contributed by atoms with E-state index in [9.17, 15) is 4.79 Å². The Labute approximate surface area is 185 Å². The van der Waals surface area contributed by atoms with Crippen LogP contribution in [0.1, 0.15) is 25.7 Å². The number of carbonyl (C=O) groups is 1. The Kier molecular flexibility index (Phi) is 10.4. The molecule has 2 rings (SSSR count). The number of rotatable bonds is 8. The maximum atomic E-state index is 12.6. The van der Waals surface area contributed by atoms with Crippen molar-refractivity contribution in [2.24, 2.45) is 10.4 Å². The molecule has 1 saturated carbocycles. The number of ether oxygens (including phenoxy) is 2. The molecule has 0 bridgehead atoms. The van der Waals surface area contributed by atoms with Crippen molar-refractivity contribution >= 4 is 35.8 Å². The van der Waals surface area contributed by atoms with Crippen molar-refractivity contribution in [3.8, 4) is 11.5 Å². The van der Waals surface area contributed by atoms with E-state index in [2.05, 4.69) is 15.6 Å². The summed E-state index contributed by atoms with van der Waals surface area (Å²) in [6.07, 6.45) is 4.05. The zero-order valence-electron chi connectivity index (χ0n) is 17.3. The standard InChI is InChI=1S/C20H32N4O3.HI/c1-21-19(22-13-14-27-17-9-7-16(26-4)8-10-17)23-15-20(11-5-6-12-20)18(25)24(2)3;/h7-10H,5-6,11-15H2,1-4H3,(H2,21,22,23);1H. The van der Waals surface area contributed by atoms with Crippen molar-refractivity contribution in [1.29, 1.82) is 0 Å². The molecule has 0 unspecified atom stereocenters. The summed E-state index contributed by atoms with van der Waals surface area (Å²) in [5.41, 5.74) is -0.319. The van der Waals surface area contributed by atoms with E-state index in [0.29, 0.717) is 25.7 Å². The number of aliphatic imine (C=N–C) groups is 1. The van der Waals surface area contributed by atoms with Gasteiger partial charge in [0.25, 0.3) is 0 Å². The first-order valence-corrected chi connectivity index (χ1v) is 9.44. The van der Waals surface area contributed by atoms with Crippen LogP contribution in [0.25, 0.3) is 0 Å². The number of hydrogen-bond acceptors (Lipinski definition) is 4. The van der Waals surface area contributed by atoms with Gasteiger partial charge in [0.15, 0.2) is 5.96 Å². The normalized spacial score (nSPS) is 15.4. The summed E-state index contributed by atoms with van der Waals surface area (Å²) < 4.78 is 10.8. The van der Waals surface area contributed by atoms with E-state index in [4.69, 9.17) is 9.47 Å². The van der Waals surface area contributed by atoms with Gasteiger partial charge in [-0.25, -0.2) is 0 Å². The molecular weight excluding hydrogens is 471 g/mol. The third-order valence-corrected chi connectivity index (χ3v) is 4.96. The highest BCUT2D eigenvalue weighted by Crippen LogP contribution is 2.38. The fourth-order valence-corrected chi connectivity index (χ4v) is 3.48. The number of nitrogens with zero attached hydrogens (tertiary/aromatic N) is 2. The number of nitrogens with one attached hydrogen (secondary N) is 2. The fraction of sp³-hybridized carbons (Fsp3) is 0.600. The van der Waals surface area contributed by atoms with Gasteiger partial charge in [0.1, 0.15) is 18.1 Å². The Bertz CT molecular complexity index is 629. The molecule has 158 valence electrons. The van der Waals surface area contributed by atoms with Crippen LogP contribution in [-0.2, 0) is 4.79 Å². The molecule has 0 aromatic heterocycles. The monoisotopic (exact) mass is 504 g/mol. The van der Waals surface area contributed by atoms with Gasteiger partial charge in [-0.3, -0.25) is 9.79 Å². The number of amides is 1. The van der Waals surface area contributed by atoms with Crippen LogP contribution in [0.3, 0.4) is 0 Å². The molecule has 1 aromatic carbocycles. The number of halogens is 1. The summed E-state index contributed by atoms with van der Waals surface area (Å²) in [5.74, 6) is 2.48. The summed E-state index contributed by atoms with van der Waals surface area (Å²) in [4.78, 5) is 18.6. The predicted molar refractivity (Wildman–Crippen MR) is 123 cm³/mol. The molecule has 7 nitrogen and oxygen atoms in total. The van der Waals surface area contributed by atoms with Crippen molar-refractivity contribution in [2.45, 2.75) is 25.7 Å². The van der Waals surface area contributed by atoms with Crippen LogP contribution in [0, 0.1) is 5.41 Å². The molecule has 8 heteroatoms. The van der Waals surface area contributed by atoms with Gasteiger partial charge in [-0.15, -0.1) is 24.0 Å². The SMILES string of the molecule is CN=C(NCCOc1ccc(OC)cc1)NCC1(C(=O)N(C)C)CCCC1.I. The summed E-state index contributed by atoms with van der Waals surface area (Å²) in [7, 11) is 7.02. The first-order chi connectivity index (χ1) is 13.0. The molecule has 1 fully saturated rings. The lowest BCUT2D eigenvalue weighted by molar-refractivity contribution is -0.138. The zero-order chi connectivity index (χ0) is 19.7. The molecule has 2 N–H and O–H groups in total. The lowest BCUT2D eigenvalue weighted by Crippen LogP contribution is -2.49. The van der Waals surface area contributed by atoms with Gasteiger partial charge in [-0.1, -0.05) is 12.8 Å². The van der Waals surface area contributed by atoms with E-state index >= 15 is 0 Å². The highest BCUT2D eigenvalue weighted by atomic mass is 127. The van der Waals surface area contributed by atoms with Gasteiger partial charge in [0, 0.05) is 27.7 Å². The molecule has 0 aliphatic heterocycles. The number of benzene rings is 1. The van der Waals surface area contributed by atoms with Crippen molar-refractivity contribution in [3.63, 3.8) is 0 Å². The number of carbonyl (C=O) groups excluding carboxylic acids is 1. The van der Waals surface area contributed by atoms with Crippen LogP contribution in [0.15, 0.2) is 29.3 Å². The Balaban J connectivity index is 0.00000392. The van der Waals surface area contributed by atoms with Crippen LogP contribution >= 0.6 is 24.0 Å². The third kappa shape index (κ3) is 6.72. The second-order valence-electron chi connectivity index (χ2n) is 7.06. The van der Waals surface area contributed by atoms with E-state index in [1.165, 1.54) is 0 Å². The van der Waals surface area contributed by atoms with Crippen LogP contribution in [-0.4, -0.2) is 64.7 Å². The van der Waals surface area contributed by atoms with E-state index in [1.54, 1.807) is 19.1 Å². The summed E-state index contributed by atoms with van der Waals surface area (Å²) in [6, 6.07) is 7.49. The molecule has 28 heavy (non-hydrogen) atoms. The minimum atomic E-state index is -0.319. The Morgan fingerprint density at radius 1 is 1.14 bits per heavy atom. The lowest BCUT2D eigenvalue weighted by Gasteiger charge is -2.31. The number of methoxy groups -OCH3 is 1. The molecule has 1 aliphatic rings. The van der Waals surface area contributed by atoms with Crippen LogP contribution in [0.2, 0.25) is 0 Å². The Hall–Kier alpha value is -1.71. The molecule has 0 heterocycles. The van der Waals surface area contributed by atoms with Crippen LogP contribution in [0.4, 0.5) is 0 Å². The molecule has 1 aromatic rings. The smallest absolute Gasteiger partial charge is 0.230 e. The Morgan fingerprint density at radius 2 is 1.75 bits per heavy atom. The number of hydrogen-bond donors (Lipinski definition) is 2.